The molecule has 3 aromatic rings. The van der Waals surface area contributed by atoms with Gasteiger partial charge in [-0.05, 0) is 58.0 Å². The lowest BCUT2D eigenvalue weighted by atomic mass is 9.99. The second kappa shape index (κ2) is 12.5. The summed E-state index contributed by atoms with van der Waals surface area (Å²) in [6.07, 6.45) is -0.628. The largest absolute Gasteiger partial charge is 0.488 e. The Hall–Kier alpha value is -3.94. The van der Waals surface area contributed by atoms with E-state index < -0.39 is 28.2 Å². The Morgan fingerprint density at radius 1 is 1.17 bits per heavy atom. The second-order valence-corrected chi connectivity index (χ2v) is 12.8. The van der Waals surface area contributed by atoms with Crippen molar-refractivity contribution in [3.8, 4) is 5.75 Å². The first-order valence-electron chi connectivity index (χ1n) is 13.6. The number of aliphatic hydroxyl groups is 1. The van der Waals surface area contributed by atoms with E-state index in [1.54, 1.807) is 62.1 Å². The molecule has 3 N–H and O–H groups in total. The molecule has 3 amide bonds. The number of fused-ring (bicyclic) bond motifs is 1. The van der Waals surface area contributed by atoms with Gasteiger partial charge in [0.05, 0.1) is 29.7 Å². The lowest BCUT2D eigenvalue weighted by Gasteiger charge is -2.38. The number of carbonyl (C=O) groups excluding carboxylic acids is 2. The molecule has 3 atom stereocenters. The molecule has 1 aromatic heterocycles. The number of aliphatic hydroxyl groups excluding tert-OH is 1. The number of ether oxygens (including phenoxy) is 1. The van der Waals surface area contributed by atoms with Crippen molar-refractivity contribution in [2.24, 2.45) is 5.92 Å². The molecule has 2 aromatic carbocycles. The molecular weight excluding hydrogens is 562 g/mol. The number of nitrogens with zero attached hydrogens (tertiary/aromatic N) is 3. The van der Waals surface area contributed by atoms with Crippen LogP contribution in [0.15, 0.2) is 51.9 Å². The Morgan fingerprint density at radius 3 is 2.48 bits per heavy atom. The zero-order valence-electron chi connectivity index (χ0n) is 24.5. The molecule has 4 rings (SSSR count). The number of aryl methyl sites for hydroxylation is 3. The minimum absolute atomic E-state index is 0.0200. The molecule has 0 saturated carbocycles. The van der Waals surface area contributed by atoms with Crippen molar-refractivity contribution in [2.45, 2.75) is 51.7 Å². The van der Waals surface area contributed by atoms with Crippen LogP contribution in [0.2, 0.25) is 0 Å². The van der Waals surface area contributed by atoms with Gasteiger partial charge in [0.1, 0.15) is 23.2 Å². The number of nitrogens with one attached hydrogen (secondary N) is 2. The van der Waals surface area contributed by atoms with Crippen LogP contribution in [0.25, 0.3) is 0 Å². The van der Waals surface area contributed by atoms with Crippen molar-refractivity contribution in [3.05, 3.63) is 65.0 Å². The highest BCUT2D eigenvalue weighted by Crippen LogP contribution is 2.31. The number of urea groups is 1. The molecular formula is C29H37N5O7S. The van der Waals surface area contributed by atoms with Gasteiger partial charge in [0.25, 0.3) is 5.91 Å². The SMILES string of the molecule is Cc1ccc(S(=O)(=O)N(C)C[C@@H]2Oc3ccc(NC(=O)Nc4c(C)noc4C)cc3C(=O)N([C@@H](C)CO)C[C@@H]2C)cc1. The van der Waals surface area contributed by atoms with E-state index in [0.29, 0.717) is 22.8 Å². The average Bonchev–Trinajstić information content (AvgIpc) is 3.26. The van der Waals surface area contributed by atoms with Crippen LogP contribution in [0.1, 0.15) is 41.2 Å². The normalized spacial score (nSPS) is 18.1. The van der Waals surface area contributed by atoms with E-state index in [-0.39, 0.29) is 47.7 Å². The van der Waals surface area contributed by atoms with Gasteiger partial charge in [0, 0.05) is 25.2 Å². The van der Waals surface area contributed by atoms with Crippen molar-refractivity contribution in [1.29, 1.82) is 0 Å². The molecule has 42 heavy (non-hydrogen) atoms. The van der Waals surface area contributed by atoms with Crippen LogP contribution in [-0.2, 0) is 10.0 Å². The number of hydrogen-bond acceptors (Lipinski definition) is 8. The number of hydrogen-bond donors (Lipinski definition) is 3. The highest BCUT2D eigenvalue weighted by molar-refractivity contribution is 7.89. The van der Waals surface area contributed by atoms with Crippen LogP contribution in [0.5, 0.6) is 5.75 Å². The van der Waals surface area contributed by atoms with E-state index in [1.165, 1.54) is 17.4 Å². The lowest BCUT2D eigenvalue weighted by molar-refractivity contribution is 0.0387. The van der Waals surface area contributed by atoms with Crippen molar-refractivity contribution >= 4 is 33.3 Å². The Balaban J connectivity index is 1.62. The quantitative estimate of drug-likeness (QED) is 0.353. The van der Waals surface area contributed by atoms with Crippen molar-refractivity contribution in [3.63, 3.8) is 0 Å². The van der Waals surface area contributed by atoms with Gasteiger partial charge < -0.3 is 29.9 Å². The van der Waals surface area contributed by atoms with Gasteiger partial charge in [-0.3, -0.25) is 4.79 Å². The van der Waals surface area contributed by atoms with Crippen molar-refractivity contribution < 1.29 is 32.4 Å². The summed E-state index contributed by atoms with van der Waals surface area (Å²) in [6, 6.07) is 10.2. The standard InChI is InChI=1S/C29H37N5O7S/c1-17-7-10-23(11-8-17)42(38,39)33(6)15-26-18(2)14-34(19(3)16-35)28(36)24-13-22(9-12-25(24)40-26)30-29(37)31-27-20(4)32-41-21(27)5/h7-13,18-19,26,35H,14-16H2,1-6H3,(H2,30,31,37)/t18-,19-,26-/m0/s1. The number of rotatable bonds is 8. The molecule has 0 fully saturated rings. The molecule has 13 heteroatoms. The fourth-order valence-corrected chi connectivity index (χ4v) is 5.88. The molecule has 226 valence electrons. The molecule has 1 aliphatic rings. The van der Waals surface area contributed by atoms with E-state index >= 15 is 0 Å². The predicted octanol–water partition coefficient (Wildman–Crippen LogP) is 3.78. The summed E-state index contributed by atoms with van der Waals surface area (Å²) in [5.41, 5.74) is 2.42. The maximum atomic E-state index is 13.7. The fraction of sp³-hybridized carbons (Fsp3) is 0.414. The number of sulfonamides is 1. The Kier molecular flexibility index (Phi) is 9.24. The van der Waals surface area contributed by atoms with E-state index in [4.69, 9.17) is 9.26 Å². The first-order chi connectivity index (χ1) is 19.8. The number of benzene rings is 2. The average molecular weight is 600 g/mol. The van der Waals surface area contributed by atoms with Crippen LogP contribution < -0.4 is 15.4 Å². The maximum Gasteiger partial charge on any atom is 0.323 e. The number of likely N-dealkylation sites (N-methyl/N-ethyl adjacent to an activating group) is 1. The molecule has 0 spiro atoms. The fourth-order valence-electron chi connectivity index (χ4n) is 4.70. The third-order valence-corrected chi connectivity index (χ3v) is 9.20. The molecule has 12 nitrogen and oxygen atoms in total. The first-order valence-corrected chi connectivity index (χ1v) is 15.0. The maximum absolute atomic E-state index is 13.7. The van der Waals surface area contributed by atoms with Gasteiger partial charge in [-0.1, -0.05) is 29.8 Å². The molecule has 2 heterocycles. The Bertz CT molecular complexity index is 1540. The monoisotopic (exact) mass is 599 g/mol. The highest BCUT2D eigenvalue weighted by atomic mass is 32.2. The summed E-state index contributed by atoms with van der Waals surface area (Å²) in [5.74, 6) is 0.0229. The highest BCUT2D eigenvalue weighted by Gasteiger charge is 2.35. The molecule has 0 aliphatic carbocycles. The van der Waals surface area contributed by atoms with Gasteiger partial charge in [-0.25, -0.2) is 13.2 Å². The minimum atomic E-state index is -3.80. The summed E-state index contributed by atoms with van der Waals surface area (Å²) in [5, 5.41) is 19.1. The molecule has 0 bridgehead atoms. The third-order valence-electron chi connectivity index (χ3n) is 7.36. The zero-order valence-corrected chi connectivity index (χ0v) is 25.4. The Labute approximate surface area is 245 Å². The smallest absolute Gasteiger partial charge is 0.323 e. The van der Waals surface area contributed by atoms with Gasteiger partial charge in [0.2, 0.25) is 10.0 Å². The van der Waals surface area contributed by atoms with Gasteiger partial charge in [0.15, 0.2) is 5.76 Å². The first kappa shape index (κ1) is 31.0. The van der Waals surface area contributed by atoms with Crippen LogP contribution in [0, 0.1) is 26.7 Å². The van der Waals surface area contributed by atoms with Crippen LogP contribution >= 0.6 is 0 Å². The van der Waals surface area contributed by atoms with Crippen LogP contribution in [0.3, 0.4) is 0 Å². The van der Waals surface area contributed by atoms with E-state index in [0.717, 1.165) is 5.56 Å². The van der Waals surface area contributed by atoms with Crippen molar-refractivity contribution in [2.75, 3.05) is 37.4 Å². The summed E-state index contributed by atoms with van der Waals surface area (Å²) in [7, 11) is -2.31. The summed E-state index contributed by atoms with van der Waals surface area (Å²) in [4.78, 5) is 28.1. The number of anilines is 2. The molecule has 0 saturated heterocycles. The second-order valence-electron chi connectivity index (χ2n) is 10.7. The molecule has 0 unspecified atom stereocenters. The zero-order chi connectivity index (χ0) is 30.8. The van der Waals surface area contributed by atoms with E-state index in [2.05, 4.69) is 15.8 Å². The summed E-state index contributed by atoms with van der Waals surface area (Å²) in [6.45, 7) is 8.84. The van der Waals surface area contributed by atoms with Crippen LogP contribution in [0.4, 0.5) is 16.2 Å². The van der Waals surface area contributed by atoms with E-state index in [9.17, 15) is 23.1 Å². The third kappa shape index (κ3) is 6.58. The van der Waals surface area contributed by atoms with Gasteiger partial charge in [-0.2, -0.15) is 4.31 Å². The topological polar surface area (TPSA) is 154 Å². The summed E-state index contributed by atoms with van der Waals surface area (Å²) >= 11 is 0. The molecule has 0 radical (unpaired) electrons. The van der Waals surface area contributed by atoms with E-state index in [1.807, 2.05) is 13.8 Å². The Morgan fingerprint density at radius 2 is 1.86 bits per heavy atom. The van der Waals surface area contributed by atoms with Crippen LogP contribution in [-0.4, -0.2) is 78.7 Å². The van der Waals surface area contributed by atoms with Crippen molar-refractivity contribution in [1.82, 2.24) is 14.4 Å². The minimum Gasteiger partial charge on any atom is -0.488 e. The van der Waals surface area contributed by atoms with Gasteiger partial charge >= 0.3 is 6.03 Å². The van der Waals surface area contributed by atoms with Gasteiger partial charge in [-0.15, -0.1) is 0 Å². The number of amides is 3. The predicted molar refractivity (Wildman–Crippen MR) is 157 cm³/mol. The summed E-state index contributed by atoms with van der Waals surface area (Å²) < 4.78 is 39.3. The number of aromatic nitrogens is 1. The molecule has 1 aliphatic heterocycles. The lowest BCUT2D eigenvalue weighted by Crippen LogP contribution is -2.50. The number of carbonyl (C=O) groups is 2.